The van der Waals surface area contributed by atoms with Crippen LogP contribution in [0.3, 0.4) is 0 Å². The SMILES string of the molecule is Cc1nn(Cc2c(F)cccc2Cl)c(C)c1CO. The third-order valence-electron chi connectivity index (χ3n) is 3.06. The Bertz CT molecular complexity index is 560. The highest BCUT2D eigenvalue weighted by Crippen LogP contribution is 2.22. The third-order valence-corrected chi connectivity index (χ3v) is 3.41. The second-order valence-corrected chi connectivity index (χ2v) is 4.57. The van der Waals surface area contributed by atoms with Gasteiger partial charge in [-0.3, -0.25) is 4.68 Å². The van der Waals surface area contributed by atoms with Crippen LogP contribution in [0.1, 0.15) is 22.5 Å². The van der Waals surface area contributed by atoms with E-state index in [4.69, 9.17) is 11.6 Å². The van der Waals surface area contributed by atoms with Crippen molar-refractivity contribution in [3.8, 4) is 0 Å². The molecule has 0 amide bonds. The lowest BCUT2D eigenvalue weighted by Gasteiger charge is -2.08. The number of benzene rings is 1. The van der Waals surface area contributed by atoms with E-state index >= 15 is 0 Å². The molecule has 1 aromatic heterocycles. The maximum Gasteiger partial charge on any atom is 0.129 e. The molecular weight excluding hydrogens is 255 g/mol. The predicted octanol–water partition coefficient (Wildman–Crippen LogP) is 2.83. The van der Waals surface area contributed by atoms with Crippen molar-refractivity contribution in [2.75, 3.05) is 0 Å². The van der Waals surface area contributed by atoms with Gasteiger partial charge in [-0.25, -0.2) is 4.39 Å². The molecule has 0 aliphatic rings. The summed E-state index contributed by atoms with van der Waals surface area (Å²) in [4.78, 5) is 0. The molecule has 1 heterocycles. The summed E-state index contributed by atoms with van der Waals surface area (Å²) in [5, 5.41) is 13.9. The maximum atomic E-state index is 13.7. The molecule has 2 aromatic rings. The Morgan fingerprint density at radius 3 is 2.61 bits per heavy atom. The fraction of sp³-hybridized carbons (Fsp3) is 0.308. The summed E-state index contributed by atoms with van der Waals surface area (Å²) in [7, 11) is 0. The van der Waals surface area contributed by atoms with Crippen LogP contribution in [0.25, 0.3) is 0 Å². The molecule has 96 valence electrons. The van der Waals surface area contributed by atoms with E-state index in [9.17, 15) is 9.50 Å². The van der Waals surface area contributed by atoms with E-state index in [1.165, 1.54) is 6.07 Å². The molecule has 0 aliphatic carbocycles. The largest absolute Gasteiger partial charge is 0.392 e. The van der Waals surface area contributed by atoms with Crippen LogP contribution in [0, 0.1) is 19.7 Å². The van der Waals surface area contributed by atoms with Gasteiger partial charge in [-0.1, -0.05) is 17.7 Å². The minimum atomic E-state index is -0.347. The summed E-state index contributed by atoms with van der Waals surface area (Å²) in [6.45, 7) is 3.86. The van der Waals surface area contributed by atoms with E-state index in [0.717, 1.165) is 17.0 Å². The van der Waals surface area contributed by atoms with Crippen LogP contribution in [-0.2, 0) is 13.2 Å². The van der Waals surface area contributed by atoms with E-state index in [2.05, 4.69) is 5.10 Å². The van der Waals surface area contributed by atoms with Crippen LogP contribution in [-0.4, -0.2) is 14.9 Å². The van der Waals surface area contributed by atoms with Crippen molar-refractivity contribution < 1.29 is 9.50 Å². The van der Waals surface area contributed by atoms with Gasteiger partial charge in [0.1, 0.15) is 5.82 Å². The number of halogens is 2. The number of aliphatic hydroxyl groups is 1. The molecule has 5 heteroatoms. The van der Waals surface area contributed by atoms with E-state index in [1.807, 2.05) is 13.8 Å². The molecule has 0 saturated heterocycles. The van der Waals surface area contributed by atoms with Crippen LogP contribution >= 0.6 is 11.6 Å². The number of hydrogen-bond donors (Lipinski definition) is 1. The van der Waals surface area contributed by atoms with Crippen molar-refractivity contribution in [3.05, 3.63) is 51.6 Å². The highest BCUT2D eigenvalue weighted by Gasteiger charge is 2.13. The Morgan fingerprint density at radius 1 is 1.33 bits per heavy atom. The van der Waals surface area contributed by atoms with Gasteiger partial charge in [0.15, 0.2) is 0 Å². The first-order valence-corrected chi connectivity index (χ1v) is 5.99. The number of hydrogen-bond acceptors (Lipinski definition) is 2. The molecule has 0 spiro atoms. The molecule has 0 atom stereocenters. The van der Waals surface area contributed by atoms with Crippen molar-refractivity contribution in [1.29, 1.82) is 0 Å². The average molecular weight is 269 g/mol. The normalized spacial score (nSPS) is 10.9. The minimum Gasteiger partial charge on any atom is -0.392 e. The highest BCUT2D eigenvalue weighted by atomic mass is 35.5. The van der Waals surface area contributed by atoms with Gasteiger partial charge in [0, 0.05) is 21.8 Å². The molecule has 0 unspecified atom stereocenters. The van der Waals surface area contributed by atoms with Gasteiger partial charge in [0.05, 0.1) is 18.8 Å². The Morgan fingerprint density at radius 2 is 2.06 bits per heavy atom. The van der Waals surface area contributed by atoms with Crippen molar-refractivity contribution in [2.24, 2.45) is 0 Å². The molecule has 0 aliphatic heterocycles. The number of aliphatic hydroxyl groups excluding tert-OH is 1. The van der Waals surface area contributed by atoms with Crippen molar-refractivity contribution in [1.82, 2.24) is 9.78 Å². The summed E-state index contributed by atoms with van der Waals surface area (Å²) in [6, 6.07) is 4.60. The molecular formula is C13H14ClFN2O. The lowest BCUT2D eigenvalue weighted by Crippen LogP contribution is -2.06. The van der Waals surface area contributed by atoms with Gasteiger partial charge < -0.3 is 5.11 Å². The van der Waals surface area contributed by atoms with Gasteiger partial charge in [0.25, 0.3) is 0 Å². The maximum absolute atomic E-state index is 13.7. The average Bonchev–Trinajstić information content (AvgIpc) is 2.59. The van der Waals surface area contributed by atoms with E-state index in [0.29, 0.717) is 10.6 Å². The quantitative estimate of drug-likeness (QED) is 0.930. The topological polar surface area (TPSA) is 38.0 Å². The Hall–Kier alpha value is -1.39. The van der Waals surface area contributed by atoms with E-state index in [1.54, 1.807) is 16.8 Å². The smallest absolute Gasteiger partial charge is 0.129 e. The fourth-order valence-electron chi connectivity index (χ4n) is 1.95. The molecule has 0 radical (unpaired) electrons. The first-order chi connectivity index (χ1) is 8.54. The predicted molar refractivity (Wildman–Crippen MR) is 68.1 cm³/mol. The summed E-state index contributed by atoms with van der Waals surface area (Å²) >= 11 is 5.98. The number of rotatable bonds is 3. The van der Waals surface area contributed by atoms with Crippen LogP contribution in [0.2, 0.25) is 5.02 Å². The highest BCUT2D eigenvalue weighted by molar-refractivity contribution is 6.31. The zero-order valence-corrected chi connectivity index (χ0v) is 11.0. The van der Waals surface area contributed by atoms with Crippen LogP contribution in [0.5, 0.6) is 0 Å². The van der Waals surface area contributed by atoms with E-state index in [-0.39, 0.29) is 19.0 Å². The summed E-state index contributed by atoms with van der Waals surface area (Å²) in [5.74, 6) is -0.347. The fourth-order valence-corrected chi connectivity index (χ4v) is 2.17. The summed E-state index contributed by atoms with van der Waals surface area (Å²) < 4.78 is 15.3. The zero-order chi connectivity index (χ0) is 13.3. The van der Waals surface area contributed by atoms with Gasteiger partial charge in [-0.15, -0.1) is 0 Å². The Labute approximate surface area is 110 Å². The van der Waals surface area contributed by atoms with Crippen LogP contribution in [0.15, 0.2) is 18.2 Å². The van der Waals surface area contributed by atoms with Crippen LogP contribution in [0.4, 0.5) is 4.39 Å². The van der Waals surface area contributed by atoms with Gasteiger partial charge in [-0.05, 0) is 26.0 Å². The molecule has 3 nitrogen and oxygen atoms in total. The van der Waals surface area contributed by atoms with Crippen LogP contribution < -0.4 is 0 Å². The monoisotopic (exact) mass is 268 g/mol. The molecule has 0 saturated carbocycles. The molecule has 18 heavy (non-hydrogen) atoms. The van der Waals surface area contributed by atoms with Gasteiger partial charge >= 0.3 is 0 Å². The number of nitrogens with zero attached hydrogens (tertiary/aromatic N) is 2. The minimum absolute atomic E-state index is 0.0668. The standard InChI is InChI=1S/C13H14ClFN2O/c1-8-11(7-18)9(2)17(16-8)6-10-12(14)4-3-5-13(10)15/h3-5,18H,6-7H2,1-2H3. The number of aryl methyl sites for hydroxylation is 1. The second-order valence-electron chi connectivity index (χ2n) is 4.17. The molecule has 0 bridgehead atoms. The number of aromatic nitrogens is 2. The third kappa shape index (κ3) is 2.26. The van der Waals surface area contributed by atoms with Crippen molar-refractivity contribution in [3.63, 3.8) is 0 Å². The van der Waals surface area contributed by atoms with Crippen molar-refractivity contribution in [2.45, 2.75) is 27.0 Å². The lowest BCUT2D eigenvalue weighted by molar-refractivity contribution is 0.280. The summed E-state index contributed by atoms with van der Waals surface area (Å²) in [5.41, 5.74) is 2.77. The Balaban J connectivity index is 2.41. The lowest BCUT2D eigenvalue weighted by atomic mass is 10.2. The van der Waals surface area contributed by atoms with Crippen molar-refractivity contribution >= 4 is 11.6 Å². The Kier molecular flexibility index (Phi) is 3.68. The molecule has 1 N–H and O–H groups in total. The zero-order valence-electron chi connectivity index (χ0n) is 10.2. The molecule has 0 fully saturated rings. The van der Waals surface area contributed by atoms with Gasteiger partial charge in [-0.2, -0.15) is 5.10 Å². The summed E-state index contributed by atoms with van der Waals surface area (Å²) in [6.07, 6.45) is 0. The molecule has 2 rings (SSSR count). The first-order valence-electron chi connectivity index (χ1n) is 5.61. The van der Waals surface area contributed by atoms with Gasteiger partial charge in [0.2, 0.25) is 0 Å². The second kappa shape index (κ2) is 5.08. The molecule has 1 aromatic carbocycles. The first kappa shape index (κ1) is 13.1. The van der Waals surface area contributed by atoms with E-state index < -0.39 is 0 Å².